The van der Waals surface area contributed by atoms with Crippen molar-refractivity contribution in [1.82, 2.24) is 10.3 Å². The molecule has 1 aliphatic rings. The number of alkyl halides is 3. The van der Waals surface area contributed by atoms with Crippen molar-refractivity contribution in [2.45, 2.75) is 93.7 Å². The van der Waals surface area contributed by atoms with Gasteiger partial charge in [-0.2, -0.15) is 0 Å². The molecule has 0 radical (unpaired) electrons. The van der Waals surface area contributed by atoms with E-state index < -0.39 is 59.0 Å². The van der Waals surface area contributed by atoms with E-state index in [0.717, 1.165) is 37.0 Å². The lowest BCUT2D eigenvalue weighted by Gasteiger charge is -2.33. The molecule has 4 atom stereocenters. The normalized spacial score (nSPS) is 17.7. The summed E-state index contributed by atoms with van der Waals surface area (Å²) in [6, 6.07) is -0.932. The molecule has 5 N–H and O–H groups in total. The number of anilines is 1. The van der Waals surface area contributed by atoms with Crippen LogP contribution in [0.15, 0.2) is 5.38 Å². The summed E-state index contributed by atoms with van der Waals surface area (Å²) in [6.07, 6.45) is 2.81. The second-order valence-corrected chi connectivity index (χ2v) is 13.9. The first-order chi connectivity index (χ1) is 18.2. The third-order valence-corrected chi connectivity index (χ3v) is 7.66. The monoisotopic (exact) mass is 629 g/mol. The van der Waals surface area contributed by atoms with Crippen LogP contribution in [0.5, 0.6) is 0 Å². The number of hydrogen-bond acceptors (Lipinski definition) is 8. The fourth-order valence-corrected chi connectivity index (χ4v) is 5.59. The highest BCUT2D eigenvalue weighted by atomic mass is 35.6. The number of nitrogens with zero attached hydrogens (tertiary/aromatic N) is 1. The van der Waals surface area contributed by atoms with Crippen LogP contribution in [0.2, 0.25) is 0 Å². The summed E-state index contributed by atoms with van der Waals surface area (Å²) in [6.45, 7) is 3.40. The van der Waals surface area contributed by atoms with Gasteiger partial charge in [-0.05, 0) is 24.7 Å². The number of carbonyl (C=O) groups is 3. The lowest BCUT2D eigenvalue weighted by atomic mass is 9.82. The first-order valence-electron chi connectivity index (χ1n) is 13.1. The summed E-state index contributed by atoms with van der Waals surface area (Å²) < 4.78 is 3.02. The van der Waals surface area contributed by atoms with Crippen molar-refractivity contribution < 1.29 is 34.4 Å². The van der Waals surface area contributed by atoms with Gasteiger partial charge in [0.1, 0.15) is 6.61 Å². The second kappa shape index (κ2) is 16.2. The van der Waals surface area contributed by atoms with Gasteiger partial charge in [0.25, 0.3) is 0 Å². The van der Waals surface area contributed by atoms with Crippen molar-refractivity contribution in [3.05, 3.63) is 11.1 Å². The maximum atomic E-state index is 13.3. The number of carbonyl (C=O) groups excluding carboxylic acids is 2. The Bertz CT molecular complexity index is 938. The molecule has 1 saturated carbocycles. The third-order valence-electron chi connectivity index (χ3n) is 6.53. The predicted molar refractivity (Wildman–Crippen MR) is 151 cm³/mol. The van der Waals surface area contributed by atoms with Crippen LogP contribution < -0.4 is 10.6 Å². The quantitative estimate of drug-likeness (QED) is 0.181. The van der Waals surface area contributed by atoms with E-state index >= 15 is 0 Å². The van der Waals surface area contributed by atoms with E-state index in [1.54, 1.807) is 5.38 Å². The molecule has 10 nitrogen and oxygen atoms in total. The van der Waals surface area contributed by atoms with Crippen LogP contribution in [0.1, 0.15) is 70.9 Å². The minimum absolute atomic E-state index is 0.0365. The summed E-state index contributed by atoms with van der Waals surface area (Å²) in [5.41, 5.74) is 0.375. The standard InChI is InChI=1S/C25H38Cl3N3O7S/c1-14(2)8-18(32)21(19(33)9-15-6-4-3-5-7-15)30-22(36)16(11-20(34)35)10-17-12-39-23(29-17)31-24(37)38-13-25(26,27)28/h12,14-16,18-19,21,32-33H,3-11,13H2,1-2H3,(H,30,36)(H,34,35)(H,29,31,37)/t16-,18?,19?,21?/m1/s1. The van der Waals surface area contributed by atoms with Crippen LogP contribution in [0.25, 0.3) is 0 Å². The number of thiazole rings is 1. The molecule has 39 heavy (non-hydrogen) atoms. The summed E-state index contributed by atoms with van der Waals surface area (Å²) >= 11 is 17.7. The Labute approximate surface area is 247 Å². The number of carboxylic acids is 1. The Morgan fingerprint density at radius 1 is 1.15 bits per heavy atom. The molecule has 2 rings (SSSR count). The zero-order chi connectivity index (χ0) is 29.2. The molecule has 222 valence electrons. The van der Waals surface area contributed by atoms with Crippen LogP contribution in [-0.4, -0.2) is 66.9 Å². The Morgan fingerprint density at radius 2 is 1.82 bits per heavy atom. The largest absolute Gasteiger partial charge is 0.481 e. The summed E-state index contributed by atoms with van der Waals surface area (Å²) in [5, 5.41) is 38.2. The van der Waals surface area contributed by atoms with E-state index in [9.17, 15) is 29.7 Å². The average Bonchev–Trinajstić information content (AvgIpc) is 3.26. The molecule has 0 bridgehead atoms. The van der Waals surface area contributed by atoms with Crippen LogP contribution in [0.4, 0.5) is 9.93 Å². The molecule has 0 saturated heterocycles. The number of rotatable bonds is 14. The number of nitrogens with one attached hydrogen (secondary N) is 2. The van der Waals surface area contributed by atoms with Gasteiger partial charge in [-0.1, -0.05) is 80.8 Å². The average molecular weight is 631 g/mol. The van der Waals surface area contributed by atoms with E-state index in [2.05, 4.69) is 15.6 Å². The Kier molecular flexibility index (Phi) is 14.0. The molecule has 1 aromatic rings. The number of carboxylic acid groups (broad SMARTS) is 1. The van der Waals surface area contributed by atoms with Gasteiger partial charge in [-0.3, -0.25) is 14.9 Å². The summed E-state index contributed by atoms with van der Waals surface area (Å²) in [5.74, 6) is -2.36. The highest BCUT2D eigenvalue weighted by molar-refractivity contribution is 7.13. The van der Waals surface area contributed by atoms with Gasteiger partial charge in [-0.25, -0.2) is 9.78 Å². The number of aliphatic hydroxyl groups excluding tert-OH is 2. The molecule has 14 heteroatoms. The van der Waals surface area contributed by atoms with E-state index in [0.29, 0.717) is 24.5 Å². The Balaban J connectivity index is 2.09. The van der Waals surface area contributed by atoms with E-state index in [1.807, 2.05) is 13.8 Å². The highest BCUT2D eigenvalue weighted by Crippen LogP contribution is 2.29. The topological polar surface area (TPSA) is 158 Å². The van der Waals surface area contributed by atoms with Crippen molar-refractivity contribution in [3.8, 4) is 0 Å². The van der Waals surface area contributed by atoms with Crippen LogP contribution >= 0.6 is 46.1 Å². The Hall–Kier alpha value is -1.37. The molecule has 1 heterocycles. The van der Waals surface area contributed by atoms with Crippen molar-refractivity contribution in [2.75, 3.05) is 11.9 Å². The SMILES string of the molecule is CC(C)CC(O)C(NC(=O)[C@@H](CC(=O)O)Cc1csc(NC(=O)OCC(Cl)(Cl)Cl)n1)C(O)CC1CCCCC1. The molecular weight excluding hydrogens is 593 g/mol. The molecule has 1 fully saturated rings. The lowest BCUT2D eigenvalue weighted by Crippen LogP contribution is -2.53. The first-order valence-corrected chi connectivity index (χ1v) is 15.1. The number of halogens is 3. The second-order valence-electron chi connectivity index (χ2n) is 10.5. The fourth-order valence-electron chi connectivity index (χ4n) is 4.72. The zero-order valence-electron chi connectivity index (χ0n) is 22.1. The molecule has 0 aliphatic heterocycles. The van der Waals surface area contributed by atoms with Gasteiger partial charge in [0, 0.05) is 11.8 Å². The van der Waals surface area contributed by atoms with Crippen LogP contribution in [0.3, 0.4) is 0 Å². The minimum Gasteiger partial charge on any atom is -0.481 e. The molecule has 2 amide bonds. The van der Waals surface area contributed by atoms with E-state index in [-0.39, 0.29) is 17.5 Å². The van der Waals surface area contributed by atoms with Gasteiger partial charge in [0.15, 0.2) is 5.13 Å². The van der Waals surface area contributed by atoms with Crippen LogP contribution in [-0.2, 0) is 20.7 Å². The maximum Gasteiger partial charge on any atom is 0.413 e. The van der Waals surface area contributed by atoms with Crippen molar-refractivity contribution in [2.24, 2.45) is 17.8 Å². The maximum absolute atomic E-state index is 13.3. The molecular formula is C25H38Cl3N3O7S. The minimum atomic E-state index is -1.77. The van der Waals surface area contributed by atoms with Gasteiger partial charge >= 0.3 is 12.1 Å². The summed E-state index contributed by atoms with van der Waals surface area (Å²) in [7, 11) is 0. The number of ether oxygens (including phenoxy) is 1. The van der Waals surface area contributed by atoms with Gasteiger partial charge in [0.2, 0.25) is 9.70 Å². The number of amides is 2. The molecule has 3 unspecified atom stereocenters. The number of aromatic nitrogens is 1. The van der Waals surface area contributed by atoms with E-state index in [4.69, 9.17) is 39.5 Å². The summed E-state index contributed by atoms with van der Waals surface area (Å²) in [4.78, 5) is 41.0. The fraction of sp³-hybridized carbons (Fsp3) is 0.760. The van der Waals surface area contributed by atoms with Gasteiger partial charge < -0.3 is 25.4 Å². The van der Waals surface area contributed by atoms with E-state index in [1.165, 1.54) is 6.42 Å². The Morgan fingerprint density at radius 3 is 2.41 bits per heavy atom. The lowest BCUT2D eigenvalue weighted by molar-refractivity contribution is -0.141. The zero-order valence-corrected chi connectivity index (χ0v) is 25.2. The van der Waals surface area contributed by atoms with Crippen molar-refractivity contribution >= 4 is 69.2 Å². The molecule has 0 spiro atoms. The number of aliphatic hydroxyl groups is 2. The van der Waals surface area contributed by atoms with Crippen molar-refractivity contribution in [3.63, 3.8) is 0 Å². The van der Waals surface area contributed by atoms with Gasteiger partial charge in [-0.15, -0.1) is 11.3 Å². The van der Waals surface area contributed by atoms with Crippen LogP contribution in [0, 0.1) is 17.8 Å². The highest BCUT2D eigenvalue weighted by Gasteiger charge is 2.34. The third kappa shape index (κ3) is 13.2. The molecule has 0 aromatic carbocycles. The first kappa shape index (κ1) is 33.8. The molecule has 1 aliphatic carbocycles. The number of aliphatic carboxylic acids is 1. The number of hydrogen-bond donors (Lipinski definition) is 5. The van der Waals surface area contributed by atoms with Crippen molar-refractivity contribution in [1.29, 1.82) is 0 Å². The van der Waals surface area contributed by atoms with Gasteiger partial charge in [0.05, 0.1) is 36.3 Å². The smallest absolute Gasteiger partial charge is 0.413 e. The molecule has 1 aromatic heterocycles. The predicted octanol–water partition coefficient (Wildman–Crippen LogP) is 4.92.